The smallest absolute Gasteiger partial charge is 0.270 e. The summed E-state index contributed by atoms with van der Waals surface area (Å²) in [4.78, 5) is 16.8. The van der Waals surface area contributed by atoms with Crippen LogP contribution in [0.4, 0.5) is 0 Å². The highest BCUT2D eigenvalue weighted by molar-refractivity contribution is 5.94. The molecular weight excluding hydrogens is 340 g/mol. The third kappa shape index (κ3) is 3.64. The molecule has 0 saturated carbocycles. The van der Waals surface area contributed by atoms with Crippen LogP contribution in [-0.2, 0) is 6.54 Å². The Morgan fingerprint density at radius 2 is 1.89 bits per heavy atom. The van der Waals surface area contributed by atoms with Crippen molar-refractivity contribution in [1.82, 2.24) is 20.1 Å². The third-order valence-corrected chi connectivity index (χ3v) is 4.20. The zero-order valence-electron chi connectivity index (χ0n) is 14.8. The van der Waals surface area contributed by atoms with Crippen LogP contribution in [0.2, 0.25) is 0 Å². The van der Waals surface area contributed by atoms with Crippen LogP contribution in [0.25, 0.3) is 17.1 Å². The van der Waals surface area contributed by atoms with Crippen LogP contribution in [0.5, 0.6) is 0 Å². The SMILES string of the molecule is Cc1ccc(-n2nc(-c3ccco3)cc2C(=O)NCc2ccncc2)cc1. The van der Waals surface area contributed by atoms with Gasteiger partial charge in [-0.1, -0.05) is 17.7 Å². The van der Waals surface area contributed by atoms with Crippen LogP contribution >= 0.6 is 0 Å². The number of benzene rings is 1. The van der Waals surface area contributed by atoms with Gasteiger partial charge in [0.25, 0.3) is 5.91 Å². The van der Waals surface area contributed by atoms with Crippen molar-refractivity contribution in [3.05, 3.63) is 90.1 Å². The first-order valence-electron chi connectivity index (χ1n) is 8.59. The molecular formula is C21H18N4O2. The topological polar surface area (TPSA) is 73.0 Å². The number of nitrogens with one attached hydrogen (secondary N) is 1. The molecule has 134 valence electrons. The third-order valence-electron chi connectivity index (χ3n) is 4.20. The fourth-order valence-corrected chi connectivity index (χ4v) is 2.74. The summed E-state index contributed by atoms with van der Waals surface area (Å²) in [5, 5.41) is 7.52. The van der Waals surface area contributed by atoms with Gasteiger partial charge < -0.3 is 9.73 Å². The minimum absolute atomic E-state index is 0.210. The zero-order chi connectivity index (χ0) is 18.6. The molecule has 0 atom stereocenters. The van der Waals surface area contributed by atoms with Crippen LogP contribution in [-0.4, -0.2) is 20.7 Å². The Kier molecular flexibility index (Phi) is 4.53. The van der Waals surface area contributed by atoms with Gasteiger partial charge in [0.05, 0.1) is 12.0 Å². The molecule has 1 aromatic carbocycles. The highest BCUT2D eigenvalue weighted by atomic mass is 16.3. The van der Waals surface area contributed by atoms with Gasteiger partial charge in [-0.2, -0.15) is 5.10 Å². The molecule has 0 radical (unpaired) electrons. The second-order valence-electron chi connectivity index (χ2n) is 6.18. The van der Waals surface area contributed by atoms with Crippen LogP contribution in [0.15, 0.2) is 77.7 Å². The number of amides is 1. The second-order valence-corrected chi connectivity index (χ2v) is 6.18. The molecule has 0 spiro atoms. The Balaban J connectivity index is 1.67. The van der Waals surface area contributed by atoms with Gasteiger partial charge in [-0.25, -0.2) is 4.68 Å². The van der Waals surface area contributed by atoms with E-state index in [1.54, 1.807) is 35.5 Å². The number of aromatic nitrogens is 3. The van der Waals surface area contributed by atoms with Gasteiger partial charge in [0, 0.05) is 25.0 Å². The van der Waals surface area contributed by atoms with E-state index in [0.29, 0.717) is 23.7 Å². The fraction of sp³-hybridized carbons (Fsp3) is 0.0952. The first kappa shape index (κ1) is 16.8. The van der Waals surface area contributed by atoms with E-state index in [4.69, 9.17) is 4.42 Å². The maximum absolute atomic E-state index is 12.8. The number of carbonyl (C=O) groups excluding carboxylic acids is 1. The summed E-state index contributed by atoms with van der Waals surface area (Å²) >= 11 is 0. The van der Waals surface area contributed by atoms with Crippen molar-refractivity contribution in [3.8, 4) is 17.1 Å². The van der Waals surface area contributed by atoms with E-state index in [1.165, 1.54) is 0 Å². The van der Waals surface area contributed by atoms with E-state index in [9.17, 15) is 4.79 Å². The van der Waals surface area contributed by atoms with Gasteiger partial charge in [-0.3, -0.25) is 9.78 Å². The molecule has 6 nitrogen and oxygen atoms in total. The molecule has 0 unspecified atom stereocenters. The van der Waals surface area contributed by atoms with Gasteiger partial charge in [0.2, 0.25) is 0 Å². The summed E-state index contributed by atoms with van der Waals surface area (Å²) in [5.74, 6) is 0.404. The quantitative estimate of drug-likeness (QED) is 0.589. The molecule has 4 aromatic rings. The number of pyridine rings is 1. The molecule has 0 aliphatic carbocycles. The number of aryl methyl sites for hydroxylation is 1. The monoisotopic (exact) mass is 358 g/mol. The first-order valence-corrected chi connectivity index (χ1v) is 8.59. The van der Waals surface area contributed by atoms with Crippen LogP contribution in [0.3, 0.4) is 0 Å². The van der Waals surface area contributed by atoms with Gasteiger partial charge in [-0.05, 0) is 48.9 Å². The Labute approximate surface area is 156 Å². The number of nitrogens with zero attached hydrogens (tertiary/aromatic N) is 3. The van der Waals surface area contributed by atoms with Gasteiger partial charge in [0.1, 0.15) is 11.4 Å². The van der Waals surface area contributed by atoms with Crippen molar-refractivity contribution in [2.45, 2.75) is 13.5 Å². The molecule has 0 fully saturated rings. The molecule has 0 bridgehead atoms. The molecule has 6 heteroatoms. The minimum atomic E-state index is -0.210. The van der Waals surface area contributed by atoms with E-state index in [-0.39, 0.29) is 5.91 Å². The summed E-state index contributed by atoms with van der Waals surface area (Å²) in [5.41, 5.74) is 3.98. The van der Waals surface area contributed by atoms with Crippen molar-refractivity contribution in [2.75, 3.05) is 0 Å². The molecule has 0 aliphatic rings. The lowest BCUT2D eigenvalue weighted by Crippen LogP contribution is -2.25. The standard InChI is InChI=1S/C21H18N4O2/c1-15-4-6-17(7-5-15)25-19(13-18(24-25)20-3-2-12-27-20)21(26)23-14-16-8-10-22-11-9-16/h2-13H,14H2,1H3,(H,23,26). The summed E-state index contributed by atoms with van der Waals surface area (Å²) in [6.07, 6.45) is 4.99. The highest BCUT2D eigenvalue weighted by Crippen LogP contribution is 2.22. The van der Waals surface area contributed by atoms with E-state index < -0.39 is 0 Å². The van der Waals surface area contributed by atoms with Gasteiger partial charge in [0.15, 0.2) is 5.76 Å². The maximum Gasteiger partial charge on any atom is 0.270 e. The summed E-state index contributed by atoms with van der Waals surface area (Å²) in [6, 6.07) is 16.9. The Morgan fingerprint density at radius 1 is 1.11 bits per heavy atom. The predicted molar refractivity (Wildman–Crippen MR) is 101 cm³/mol. The van der Waals surface area contributed by atoms with Crippen LogP contribution < -0.4 is 5.32 Å². The highest BCUT2D eigenvalue weighted by Gasteiger charge is 2.18. The average molecular weight is 358 g/mol. The molecule has 3 aromatic heterocycles. The zero-order valence-corrected chi connectivity index (χ0v) is 14.8. The van der Waals surface area contributed by atoms with Crippen molar-refractivity contribution in [2.24, 2.45) is 0 Å². The molecule has 1 N–H and O–H groups in total. The lowest BCUT2D eigenvalue weighted by Gasteiger charge is -2.08. The van der Waals surface area contributed by atoms with Crippen molar-refractivity contribution < 1.29 is 9.21 Å². The maximum atomic E-state index is 12.8. The van der Waals surface area contributed by atoms with Crippen molar-refractivity contribution in [3.63, 3.8) is 0 Å². The second kappa shape index (κ2) is 7.29. The van der Waals surface area contributed by atoms with Gasteiger partial charge >= 0.3 is 0 Å². The molecule has 0 aliphatic heterocycles. The number of furan rings is 1. The first-order chi connectivity index (χ1) is 13.2. The Morgan fingerprint density at radius 3 is 2.59 bits per heavy atom. The summed E-state index contributed by atoms with van der Waals surface area (Å²) in [7, 11) is 0. The average Bonchev–Trinajstić information content (AvgIpc) is 3.37. The Bertz CT molecular complexity index is 1040. The van der Waals surface area contributed by atoms with E-state index in [0.717, 1.165) is 16.8 Å². The van der Waals surface area contributed by atoms with Crippen molar-refractivity contribution in [1.29, 1.82) is 0 Å². The summed E-state index contributed by atoms with van der Waals surface area (Å²) in [6.45, 7) is 2.43. The lowest BCUT2D eigenvalue weighted by atomic mass is 10.2. The number of rotatable bonds is 5. The van der Waals surface area contributed by atoms with Gasteiger partial charge in [-0.15, -0.1) is 0 Å². The van der Waals surface area contributed by atoms with Crippen LogP contribution in [0.1, 0.15) is 21.6 Å². The minimum Gasteiger partial charge on any atom is -0.463 e. The normalized spacial score (nSPS) is 10.7. The molecule has 3 heterocycles. The molecule has 27 heavy (non-hydrogen) atoms. The van der Waals surface area contributed by atoms with Crippen molar-refractivity contribution >= 4 is 5.91 Å². The molecule has 4 rings (SSSR count). The largest absolute Gasteiger partial charge is 0.463 e. The Hall–Kier alpha value is -3.67. The van der Waals surface area contributed by atoms with E-state index in [1.807, 2.05) is 49.4 Å². The van der Waals surface area contributed by atoms with Crippen LogP contribution in [0, 0.1) is 6.92 Å². The number of hydrogen-bond acceptors (Lipinski definition) is 4. The molecule has 1 amide bonds. The molecule has 0 saturated heterocycles. The number of hydrogen-bond donors (Lipinski definition) is 1. The predicted octanol–water partition coefficient (Wildman–Crippen LogP) is 3.77. The fourth-order valence-electron chi connectivity index (χ4n) is 2.74. The summed E-state index contributed by atoms with van der Waals surface area (Å²) < 4.78 is 7.08. The number of carbonyl (C=O) groups is 1. The van der Waals surface area contributed by atoms with E-state index >= 15 is 0 Å². The lowest BCUT2D eigenvalue weighted by molar-refractivity contribution is 0.0943. The van der Waals surface area contributed by atoms with E-state index in [2.05, 4.69) is 15.4 Å².